The number of aryl methyl sites for hydroxylation is 4. The number of unbranched alkanes of at least 4 members (excludes halogenated alkanes) is 32. The molecule has 0 radical (unpaired) electrons. The summed E-state index contributed by atoms with van der Waals surface area (Å²) in [6.45, 7) is 9.02. The van der Waals surface area contributed by atoms with Crippen LogP contribution in [0.15, 0.2) is 70.5 Å². The molecule has 73 heavy (non-hydrogen) atoms. The quantitative estimate of drug-likeness (QED) is 0.0248. The molecule has 0 saturated heterocycles. The van der Waals surface area contributed by atoms with Gasteiger partial charge in [-0.3, -0.25) is 0 Å². The monoisotopic (exact) mass is 1070 g/mol. The molecule has 0 aliphatic heterocycles. The van der Waals surface area contributed by atoms with E-state index in [4.69, 9.17) is 0 Å². The molecule has 9 heteroatoms. The molecule has 0 saturated carbocycles. The van der Waals surface area contributed by atoms with Gasteiger partial charge in [0, 0.05) is 0 Å². The molecule has 0 N–H and O–H groups in total. The smallest absolute Gasteiger partial charge is 0.744 e. The van der Waals surface area contributed by atoms with E-state index in [1.54, 1.807) is 12.1 Å². The molecule has 0 heterocycles. The van der Waals surface area contributed by atoms with Crippen LogP contribution in [-0.2, 0) is 45.9 Å². The van der Waals surface area contributed by atoms with Gasteiger partial charge < -0.3 is 9.11 Å². The second kappa shape index (κ2) is 41.6. The van der Waals surface area contributed by atoms with Gasteiger partial charge in [0.1, 0.15) is 20.2 Å². The number of hydrogen-bond acceptors (Lipinski definition) is 6. The molecule has 6 nitrogen and oxygen atoms in total. The van der Waals surface area contributed by atoms with Gasteiger partial charge in [0.15, 0.2) is 0 Å². The van der Waals surface area contributed by atoms with Crippen LogP contribution in [0.25, 0.3) is 21.5 Å². The maximum Gasteiger partial charge on any atom is 2.00 e. The van der Waals surface area contributed by atoms with Gasteiger partial charge in [-0.25, -0.2) is 16.8 Å². The Balaban J connectivity index is 0.000000493. The Hall–Kier alpha value is -1.52. The maximum atomic E-state index is 11.7. The number of hydrogen-bond donors (Lipinski definition) is 0. The topological polar surface area (TPSA) is 114 Å². The molecule has 0 bridgehead atoms. The zero-order valence-corrected chi connectivity index (χ0v) is 50.9. The van der Waals surface area contributed by atoms with Gasteiger partial charge in [0.05, 0.1) is 9.79 Å². The minimum Gasteiger partial charge on any atom is -0.744 e. The molecule has 0 unspecified atom stereocenters. The summed E-state index contributed by atoms with van der Waals surface area (Å²) in [6, 6.07) is 18.8. The van der Waals surface area contributed by atoms with E-state index in [0.717, 1.165) is 72.9 Å². The van der Waals surface area contributed by atoms with E-state index in [-0.39, 0.29) is 47.5 Å². The normalized spacial score (nSPS) is 11.8. The maximum absolute atomic E-state index is 11.7. The molecular formula is C64H102CaO6S2. The molecular weight excluding hydrogens is 969 g/mol. The third kappa shape index (κ3) is 29.2. The van der Waals surface area contributed by atoms with Gasteiger partial charge in [0.2, 0.25) is 0 Å². The van der Waals surface area contributed by atoms with Gasteiger partial charge in [-0.2, -0.15) is 0 Å². The van der Waals surface area contributed by atoms with Crippen LogP contribution in [0.3, 0.4) is 0 Å². The van der Waals surface area contributed by atoms with Crippen molar-refractivity contribution in [2.24, 2.45) is 0 Å². The first-order chi connectivity index (χ1) is 34.9. The second-order valence-corrected chi connectivity index (χ2v) is 24.2. The average Bonchev–Trinajstić information content (AvgIpc) is 3.36. The minimum absolute atomic E-state index is 0. The third-order valence-corrected chi connectivity index (χ3v) is 16.8. The summed E-state index contributed by atoms with van der Waals surface area (Å²) in [6.07, 6.45) is 50.5. The average molecular weight is 1070 g/mol. The molecule has 0 atom stereocenters. The van der Waals surface area contributed by atoms with Crippen molar-refractivity contribution in [3.8, 4) is 0 Å². The third-order valence-electron chi connectivity index (χ3n) is 15.1. The predicted molar refractivity (Wildman–Crippen MR) is 313 cm³/mol. The Morgan fingerprint density at radius 2 is 0.466 bits per heavy atom. The first kappa shape index (κ1) is 67.6. The van der Waals surface area contributed by atoms with Gasteiger partial charge in [0.25, 0.3) is 0 Å². The minimum atomic E-state index is -4.45. The zero-order valence-electron chi connectivity index (χ0n) is 47.0. The van der Waals surface area contributed by atoms with E-state index in [2.05, 4.69) is 52.0 Å². The van der Waals surface area contributed by atoms with Gasteiger partial charge in [-0.1, -0.05) is 270 Å². The second-order valence-electron chi connectivity index (χ2n) is 21.4. The Labute approximate surface area is 478 Å². The Morgan fingerprint density at radius 3 is 0.671 bits per heavy atom. The molecule has 0 aromatic heterocycles. The SMILES string of the molecule is CCCCCCCCCCCc1ccc(CCCCCCCCCCC)c2cc(S(=O)(=O)[O-])ccc12.CCCCCCCCCCCc1ccc(CCCCCCCCCCC)c2cc(S(=O)(=O)[O-])ccc12.[Ca+2]. The molecule has 0 aliphatic carbocycles. The van der Waals surface area contributed by atoms with E-state index in [1.807, 2.05) is 12.1 Å². The van der Waals surface area contributed by atoms with E-state index in [1.165, 1.54) is 240 Å². The fraction of sp³-hybridized carbons (Fsp3) is 0.688. The predicted octanol–water partition coefficient (Wildman–Crippen LogP) is 19.4. The van der Waals surface area contributed by atoms with Crippen molar-refractivity contribution in [1.29, 1.82) is 0 Å². The van der Waals surface area contributed by atoms with Crippen molar-refractivity contribution in [2.75, 3.05) is 0 Å². The summed E-state index contributed by atoms with van der Waals surface area (Å²) in [7, 11) is -8.90. The largest absolute Gasteiger partial charge is 2.00 e. The van der Waals surface area contributed by atoms with Crippen LogP contribution >= 0.6 is 0 Å². The first-order valence-electron chi connectivity index (χ1n) is 29.9. The zero-order chi connectivity index (χ0) is 52.1. The van der Waals surface area contributed by atoms with Crippen LogP contribution in [0.1, 0.15) is 281 Å². The van der Waals surface area contributed by atoms with Crippen molar-refractivity contribution in [3.63, 3.8) is 0 Å². The van der Waals surface area contributed by atoms with Crippen LogP contribution in [0.4, 0.5) is 0 Å². The van der Waals surface area contributed by atoms with Crippen LogP contribution in [0.2, 0.25) is 0 Å². The van der Waals surface area contributed by atoms with E-state index < -0.39 is 20.2 Å². The molecule has 4 aromatic rings. The van der Waals surface area contributed by atoms with Crippen LogP contribution < -0.4 is 0 Å². The summed E-state index contributed by atoms with van der Waals surface area (Å²) in [5, 5.41) is 4.16. The number of rotatable bonds is 42. The van der Waals surface area contributed by atoms with Crippen molar-refractivity contribution in [1.82, 2.24) is 0 Å². The van der Waals surface area contributed by atoms with Crippen molar-refractivity contribution in [3.05, 3.63) is 82.9 Å². The Bertz CT molecular complexity index is 2100. The summed E-state index contributed by atoms with van der Waals surface area (Å²) in [5.74, 6) is 0. The van der Waals surface area contributed by atoms with E-state index in [9.17, 15) is 25.9 Å². The Kier molecular flexibility index (Phi) is 38.5. The summed E-state index contributed by atoms with van der Waals surface area (Å²) in [4.78, 5) is -0.216. The fourth-order valence-corrected chi connectivity index (χ4v) is 11.6. The summed E-state index contributed by atoms with van der Waals surface area (Å²) < 4.78 is 70.2. The molecule has 4 aromatic carbocycles. The molecule has 0 spiro atoms. The standard InChI is InChI=1S/2C32H52O3S.Ca/c2*1-3-5-7-9-11-13-15-17-19-21-28-23-24-29(22-20-18-16-14-12-10-8-6-4-2)32-27-30(36(33,34)35)25-26-31(28)32;/h2*23-27H,3-22H2,1-2H3,(H,33,34,35);/q;;+2/p-2. The van der Waals surface area contributed by atoms with E-state index in [0.29, 0.717) is 0 Å². The van der Waals surface area contributed by atoms with Crippen molar-refractivity contribution < 1.29 is 25.9 Å². The molecule has 0 amide bonds. The van der Waals surface area contributed by atoms with Crippen molar-refractivity contribution >= 4 is 79.5 Å². The van der Waals surface area contributed by atoms with Gasteiger partial charge in [-0.05, 0) is 119 Å². The van der Waals surface area contributed by atoms with Gasteiger partial charge in [-0.15, -0.1) is 0 Å². The van der Waals surface area contributed by atoms with Crippen LogP contribution in [-0.4, -0.2) is 63.7 Å². The molecule has 0 aliphatic rings. The van der Waals surface area contributed by atoms with Gasteiger partial charge >= 0.3 is 37.7 Å². The van der Waals surface area contributed by atoms with Crippen LogP contribution in [0, 0.1) is 0 Å². The summed E-state index contributed by atoms with van der Waals surface area (Å²) in [5.41, 5.74) is 4.90. The molecule has 4 rings (SSSR count). The molecule has 0 fully saturated rings. The summed E-state index contributed by atoms with van der Waals surface area (Å²) >= 11 is 0. The number of fused-ring (bicyclic) bond motifs is 2. The van der Waals surface area contributed by atoms with Crippen LogP contribution in [0.5, 0.6) is 0 Å². The molecule has 408 valence electrons. The number of benzene rings is 4. The van der Waals surface area contributed by atoms with Crippen molar-refractivity contribution in [2.45, 2.75) is 294 Å². The van der Waals surface area contributed by atoms with E-state index >= 15 is 0 Å². The Morgan fingerprint density at radius 1 is 0.274 bits per heavy atom. The first-order valence-corrected chi connectivity index (χ1v) is 32.8. The fourth-order valence-electron chi connectivity index (χ4n) is 10.6.